The van der Waals surface area contributed by atoms with Crippen molar-refractivity contribution in [2.75, 3.05) is 32.2 Å². The van der Waals surface area contributed by atoms with Gasteiger partial charge in [-0.3, -0.25) is 0 Å². The molecule has 146 valence electrons. The molecule has 1 heterocycles. The van der Waals surface area contributed by atoms with Gasteiger partial charge in [-0.05, 0) is 31.4 Å². The van der Waals surface area contributed by atoms with E-state index in [0.29, 0.717) is 5.69 Å². The van der Waals surface area contributed by atoms with Crippen molar-refractivity contribution < 1.29 is 19.1 Å². The van der Waals surface area contributed by atoms with Gasteiger partial charge in [0.2, 0.25) is 5.69 Å². The van der Waals surface area contributed by atoms with Gasteiger partial charge in [0.25, 0.3) is 0 Å². The molecular weight excluding hydrogens is 360 g/mol. The fourth-order valence-corrected chi connectivity index (χ4v) is 3.02. The molecule has 0 aliphatic carbocycles. The number of anilines is 1. The van der Waals surface area contributed by atoms with Gasteiger partial charge in [0.15, 0.2) is 5.69 Å². The van der Waals surface area contributed by atoms with E-state index in [1.54, 1.807) is 13.8 Å². The van der Waals surface area contributed by atoms with Crippen LogP contribution in [0.25, 0.3) is 16.5 Å². The molecule has 0 unspecified atom stereocenters. The smallest absolute Gasteiger partial charge is 0.361 e. The summed E-state index contributed by atoms with van der Waals surface area (Å²) in [5.41, 5.74) is 1.34. The standard InChI is InChI=1S/C20H22N4O4/c1-5-27-19(25)17-18(20(26)28-6-2)24(22-21-17)15-12-8-10-13-9-7-11-14(16(13)15)23(3)4/h7-12H,5-6H2,1-4H3. The predicted octanol–water partition coefficient (Wildman–Crippen LogP) is 2.84. The van der Waals surface area contributed by atoms with Crippen molar-refractivity contribution in [1.82, 2.24) is 15.0 Å². The first-order valence-corrected chi connectivity index (χ1v) is 8.98. The highest BCUT2D eigenvalue weighted by atomic mass is 16.5. The van der Waals surface area contributed by atoms with Crippen LogP contribution >= 0.6 is 0 Å². The van der Waals surface area contributed by atoms with Crippen LogP contribution in [0.15, 0.2) is 36.4 Å². The molecule has 0 aliphatic heterocycles. The normalized spacial score (nSPS) is 10.7. The fraction of sp³-hybridized carbons (Fsp3) is 0.300. The average molecular weight is 382 g/mol. The molecule has 2 aromatic carbocycles. The highest BCUT2D eigenvalue weighted by Crippen LogP contribution is 2.32. The van der Waals surface area contributed by atoms with Crippen molar-refractivity contribution in [3.05, 3.63) is 47.8 Å². The van der Waals surface area contributed by atoms with Crippen LogP contribution < -0.4 is 4.90 Å². The van der Waals surface area contributed by atoms with E-state index in [4.69, 9.17) is 9.47 Å². The Morgan fingerprint density at radius 2 is 1.64 bits per heavy atom. The van der Waals surface area contributed by atoms with Crippen LogP contribution in [0.4, 0.5) is 5.69 Å². The fourth-order valence-electron chi connectivity index (χ4n) is 3.02. The summed E-state index contributed by atoms with van der Waals surface area (Å²) in [6.07, 6.45) is 0. The zero-order valence-corrected chi connectivity index (χ0v) is 16.3. The lowest BCUT2D eigenvalue weighted by atomic mass is 10.1. The second-order valence-electron chi connectivity index (χ2n) is 6.19. The Hall–Kier alpha value is -3.42. The minimum absolute atomic E-state index is 0.0543. The van der Waals surface area contributed by atoms with E-state index in [2.05, 4.69) is 10.3 Å². The molecule has 0 N–H and O–H groups in total. The van der Waals surface area contributed by atoms with Crippen molar-refractivity contribution in [3.8, 4) is 5.69 Å². The first kappa shape index (κ1) is 19.3. The Kier molecular flexibility index (Phi) is 5.58. The highest BCUT2D eigenvalue weighted by molar-refractivity contribution is 6.04. The molecule has 3 aromatic rings. The number of hydrogen-bond donors (Lipinski definition) is 0. The molecule has 1 aromatic heterocycles. The van der Waals surface area contributed by atoms with E-state index in [1.165, 1.54) is 4.68 Å². The summed E-state index contributed by atoms with van der Waals surface area (Å²) in [5.74, 6) is -1.40. The molecule has 8 heteroatoms. The summed E-state index contributed by atoms with van der Waals surface area (Å²) in [5, 5.41) is 9.85. The van der Waals surface area contributed by atoms with Gasteiger partial charge >= 0.3 is 11.9 Å². The summed E-state index contributed by atoms with van der Waals surface area (Å²) < 4.78 is 11.5. The number of carbonyl (C=O) groups is 2. The molecule has 0 fully saturated rings. The molecule has 0 radical (unpaired) electrons. The summed E-state index contributed by atoms with van der Waals surface area (Å²) in [6, 6.07) is 11.6. The van der Waals surface area contributed by atoms with Gasteiger partial charge in [-0.1, -0.05) is 29.5 Å². The number of nitrogens with zero attached hydrogens (tertiary/aromatic N) is 4. The van der Waals surface area contributed by atoms with E-state index < -0.39 is 11.9 Å². The van der Waals surface area contributed by atoms with E-state index in [9.17, 15) is 9.59 Å². The van der Waals surface area contributed by atoms with Crippen LogP contribution in [0.2, 0.25) is 0 Å². The maximum Gasteiger partial charge on any atom is 0.361 e. The highest BCUT2D eigenvalue weighted by Gasteiger charge is 2.29. The summed E-state index contributed by atoms with van der Waals surface area (Å²) in [4.78, 5) is 26.9. The third kappa shape index (κ3) is 3.40. The maximum atomic E-state index is 12.6. The number of carbonyl (C=O) groups excluding carboxylic acids is 2. The number of ether oxygens (including phenoxy) is 2. The average Bonchev–Trinajstić information content (AvgIpc) is 3.12. The topological polar surface area (TPSA) is 86.5 Å². The summed E-state index contributed by atoms with van der Waals surface area (Å²) in [6.45, 7) is 3.69. The largest absolute Gasteiger partial charge is 0.461 e. The van der Waals surface area contributed by atoms with Crippen molar-refractivity contribution in [2.45, 2.75) is 13.8 Å². The van der Waals surface area contributed by atoms with Gasteiger partial charge in [0.05, 0.1) is 18.9 Å². The molecule has 0 saturated heterocycles. The van der Waals surface area contributed by atoms with Crippen LogP contribution in [0.1, 0.15) is 34.8 Å². The van der Waals surface area contributed by atoms with Gasteiger partial charge in [0, 0.05) is 25.2 Å². The lowest BCUT2D eigenvalue weighted by Gasteiger charge is -2.18. The van der Waals surface area contributed by atoms with Gasteiger partial charge in [0.1, 0.15) is 0 Å². The van der Waals surface area contributed by atoms with Crippen LogP contribution in [0.3, 0.4) is 0 Å². The molecule has 28 heavy (non-hydrogen) atoms. The van der Waals surface area contributed by atoms with Gasteiger partial charge in [-0.15, -0.1) is 5.10 Å². The molecule has 0 bridgehead atoms. The van der Waals surface area contributed by atoms with Gasteiger partial charge < -0.3 is 14.4 Å². The zero-order chi connectivity index (χ0) is 20.3. The van der Waals surface area contributed by atoms with Crippen LogP contribution in [0, 0.1) is 0 Å². The van der Waals surface area contributed by atoms with Gasteiger partial charge in [-0.2, -0.15) is 0 Å². The quantitative estimate of drug-likeness (QED) is 0.606. The van der Waals surface area contributed by atoms with Gasteiger partial charge in [-0.25, -0.2) is 14.3 Å². The Bertz CT molecular complexity index is 1020. The second kappa shape index (κ2) is 8.08. The van der Waals surface area contributed by atoms with Crippen molar-refractivity contribution >= 4 is 28.4 Å². The predicted molar refractivity (Wildman–Crippen MR) is 105 cm³/mol. The minimum Gasteiger partial charge on any atom is -0.461 e. The number of hydrogen-bond acceptors (Lipinski definition) is 7. The molecule has 0 amide bonds. The minimum atomic E-state index is -0.718. The molecule has 3 rings (SSSR count). The molecule has 0 aliphatic rings. The lowest BCUT2D eigenvalue weighted by Crippen LogP contribution is -2.18. The number of aromatic nitrogens is 3. The van der Waals surface area contributed by atoms with Crippen molar-refractivity contribution in [2.24, 2.45) is 0 Å². The van der Waals surface area contributed by atoms with E-state index in [0.717, 1.165) is 16.5 Å². The van der Waals surface area contributed by atoms with E-state index in [1.807, 2.05) is 55.4 Å². The molecule has 0 saturated carbocycles. The number of benzene rings is 2. The molecule has 0 atom stereocenters. The van der Waals surface area contributed by atoms with Crippen LogP contribution in [-0.4, -0.2) is 54.2 Å². The number of esters is 2. The van der Waals surface area contributed by atoms with Crippen molar-refractivity contribution in [1.29, 1.82) is 0 Å². The first-order valence-electron chi connectivity index (χ1n) is 8.98. The third-order valence-electron chi connectivity index (χ3n) is 4.18. The monoisotopic (exact) mass is 382 g/mol. The molecule has 8 nitrogen and oxygen atoms in total. The molecule has 0 spiro atoms. The Labute approximate surface area is 162 Å². The van der Waals surface area contributed by atoms with Crippen LogP contribution in [-0.2, 0) is 9.47 Å². The van der Waals surface area contributed by atoms with Crippen LogP contribution in [0.5, 0.6) is 0 Å². The maximum absolute atomic E-state index is 12.6. The van der Waals surface area contributed by atoms with E-state index in [-0.39, 0.29) is 24.6 Å². The Balaban J connectivity index is 2.30. The zero-order valence-electron chi connectivity index (χ0n) is 16.3. The summed E-state index contributed by atoms with van der Waals surface area (Å²) >= 11 is 0. The third-order valence-corrected chi connectivity index (χ3v) is 4.18. The van der Waals surface area contributed by atoms with E-state index >= 15 is 0 Å². The molecular formula is C20H22N4O4. The number of fused-ring (bicyclic) bond motifs is 1. The Morgan fingerprint density at radius 3 is 2.29 bits per heavy atom. The SMILES string of the molecule is CCOC(=O)c1nnn(-c2cccc3cccc(N(C)C)c23)c1C(=O)OCC. The summed E-state index contributed by atoms with van der Waals surface area (Å²) in [7, 11) is 3.87. The first-order chi connectivity index (χ1) is 13.5. The lowest BCUT2D eigenvalue weighted by molar-refractivity contribution is 0.0469. The van der Waals surface area contributed by atoms with Crippen molar-refractivity contribution in [3.63, 3.8) is 0 Å². The Morgan fingerprint density at radius 1 is 1.00 bits per heavy atom. The second-order valence-corrected chi connectivity index (χ2v) is 6.19. The number of rotatable bonds is 6.